The third-order valence-electron chi connectivity index (χ3n) is 4.76. The van der Waals surface area contributed by atoms with Crippen LogP contribution in [0.25, 0.3) is 16.6 Å². The van der Waals surface area contributed by atoms with Gasteiger partial charge in [-0.3, -0.25) is 15.0 Å². The number of nitro benzene ring substituents is 1. The third-order valence-corrected chi connectivity index (χ3v) is 4.96. The number of rotatable bonds is 7. The summed E-state index contributed by atoms with van der Waals surface area (Å²) in [6, 6.07) is 5.79. The van der Waals surface area contributed by atoms with Gasteiger partial charge < -0.3 is 14.4 Å². The van der Waals surface area contributed by atoms with E-state index in [2.05, 4.69) is 10.1 Å². The molecule has 0 unspecified atom stereocenters. The van der Waals surface area contributed by atoms with Crippen LogP contribution in [0.2, 0.25) is 5.15 Å². The number of hydrogen-bond acceptors (Lipinski definition) is 8. The number of hydrogen-bond donors (Lipinski definition) is 0. The van der Waals surface area contributed by atoms with Gasteiger partial charge in [-0.2, -0.15) is 0 Å². The first-order valence-corrected chi connectivity index (χ1v) is 10.8. The third kappa shape index (κ3) is 5.54. The SMILES string of the molecule is COc1cc([N+](=O)[O-])ccc1-n1nc(N(CCN(C)C)C(=O)OC(C)(C)C)c2cnc(Cl)cc21. The van der Waals surface area contributed by atoms with Crippen LogP contribution in [0.1, 0.15) is 20.8 Å². The number of non-ortho nitro benzene ring substituents is 1. The highest BCUT2D eigenvalue weighted by Gasteiger charge is 2.29. The molecule has 0 radical (unpaired) electrons. The molecule has 0 atom stereocenters. The molecule has 2 aromatic heterocycles. The van der Waals surface area contributed by atoms with Gasteiger partial charge in [-0.05, 0) is 40.9 Å². The molecule has 1 amide bonds. The van der Waals surface area contributed by atoms with Gasteiger partial charge in [0.05, 0.1) is 29.0 Å². The number of fused-ring (bicyclic) bond motifs is 1. The Labute approximate surface area is 202 Å². The topological polar surface area (TPSA) is 116 Å². The first-order chi connectivity index (χ1) is 15.9. The van der Waals surface area contributed by atoms with Crippen LogP contribution in [0.4, 0.5) is 16.3 Å². The van der Waals surface area contributed by atoms with Crippen LogP contribution < -0.4 is 9.64 Å². The average molecular weight is 491 g/mol. The highest BCUT2D eigenvalue weighted by molar-refractivity contribution is 6.30. The van der Waals surface area contributed by atoms with Gasteiger partial charge in [0.1, 0.15) is 16.4 Å². The van der Waals surface area contributed by atoms with Crippen molar-refractivity contribution < 1.29 is 19.2 Å². The van der Waals surface area contributed by atoms with Crippen LogP contribution in [-0.4, -0.2) is 70.6 Å². The molecule has 1 aromatic carbocycles. The quantitative estimate of drug-likeness (QED) is 0.273. The summed E-state index contributed by atoms with van der Waals surface area (Å²) in [6.07, 6.45) is 0.966. The second-order valence-electron chi connectivity index (χ2n) is 8.81. The van der Waals surface area contributed by atoms with Gasteiger partial charge in [-0.15, -0.1) is 5.10 Å². The fraction of sp³-hybridized carbons (Fsp3) is 0.409. The minimum absolute atomic E-state index is 0.127. The first kappa shape index (κ1) is 25.2. The van der Waals surface area contributed by atoms with Crippen molar-refractivity contribution >= 4 is 40.1 Å². The molecule has 3 aromatic rings. The highest BCUT2D eigenvalue weighted by Crippen LogP contribution is 2.34. The fourth-order valence-electron chi connectivity index (χ4n) is 3.21. The molecule has 0 aliphatic carbocycles. The van der Waals surface area contributed by atoms with Crippen LogP contribution in [-0.2, 0) is 4.74 Å². The lowest BCUT2D eigenvalue weighted by Gasteiger charge is -2.27. The van der Waals surface area contributed by atoms with E-state index in [1.165, 1.54) is 41.1 Å². The lowest BCUT2D eigenvalue weighted by atomic mass is 10.2. The van der Waals surface area contributed by atoms with E-state index in [4.69, 9.17) is 21.1 Å². The van der Waals surface area contributed by atoms with Gasteiger partial charge >= 0.3 is 6.09 Å². The molecule has 2 heterocycles. The van der Waals surface area contributed by atoms with Crippen LogP contribution in [0, 0.1) is 10.1 Å². The summed E-state index contributed by atoms with van der Waals surface area (Å²) in [5.74, 6) is 0.547. The molecule has 3 rings (SSSR count). The van der Waals surface area contributed by atoms with Crippen molar-refractivity contribution in [2.24, 2.45) is 0 Å². The standard InChI is InChI=1S/C22H27ClN6O5/c1-22(2,3)34-21(30)27(10-9-26(4)5)20-15-13-24-19(23)12-17(15)28(25-20)16-8-7-14(29(31)32)11-18(16)33-6/h7-8,11-13H,9-10H2,1-6H3. The number of nitro groups is 1. The summed E-state index contributed by atoms with van der Waals surface area (Å²) in [4.78, 5) is 31.4. The molecule has 0 spiro atoms. The minimum Gasteiger partial charge on any atom is -0.494 e. The Balaban J connectivity index is 2.22. The summed E-state index contributed by atoms with van der Waals surface area (Å²) < 4.78 is 12.6. The Morgan fingerprint density at radius 1 is 1.24 bits per heavy atom. The number of ether oxygens (including phenoxy) is 2. The Morgan fingerprint density at radius 3 is 2.53 bits per heavy atom. The van der Waals surface area contributed by atoms with E-state index in [1.54, 1.807) is 26.8 Å². The summed E-state index contributed by atoms with van der Waals surface area (Å²) in [5.41, 5.74) is 0.136. The number of aromatic nitrogens is 3. The van der Waals surface area contributed by atoms with Crippen LogP contribution >= 0.6 is 11.6 Å². The Hall–Kier alpha value is -3.44. The summed E-state index contributed by atoms with van der Waals surface area (Å²) in [6.45, 7) is 6.21. The molecule has 0 aliphatic rings. The molecule has 12 heteroatoms. The summed E-state index contributed by atoms with van der Waals surface area (Å²) >= 11 is 6.18. The number of methoxy groups -OCH3 is 1. The molecule has 0 aliphatic heterocycles. The Morgan fingerprint density at radius 2 is 1.94 bits per heavy atom. The summed E-state index contributed by atoms with van der Waals surface area (Å²) in [7, 11) is 5.20. The highest BCUT2D eigenvalue weighted by atomic mass is 35.5. The van der Waals surface area contributed by atoms with E-state index >= 15 is 0 Å². The fourth-order valence-corrected chi connectivity index (χ4v) is 3.36. The lowest BCUT2D eigenvalue weighted by Crippen LogP contribution is -2.40. The molecule has 0 N–H and O–H groups in total. The molecule has 11 nitrogen and oxygen atoms in total. The zero-order valence-electron chi connectivity index (χ0n) is 19.9. The van der Waals surface area contributed by atoms with Gasteiger partial charge in [0.15, 0.2) is 11.6 Å². The van der Waals surface area contributed by atoms with E-state index < -0.39 is 16.6 Å². The molecule has 182 valence electrons. The Bertz CT molecular complexity index is 1220. The van der Waals surface area contributed by atoms with Crippen LogP contribution in [0.15, 0.2) is 30.5 Å². The monoisotopic (exact) mass is 490 g/mol. The molecule has 34 heavy (non-hydrogen) atoms. The molecule has 0 bridgehead atoms. The maximum atomic E-state index is 13.2. The average Bonchev–Trinajstić information content (AvgIpc) is 3.10. The lowest BCUT2D eigenvalue weighted by molar-refractivity contribution is -0.384. The van der Waals surface area contributed by atoms with Crippen molar-refractivity contribution in [2.75, 3.05) is 39.2 Å². The van der Waals surface area contributed by atoms with E-state index in [-0.39, 0.29) is 16.6 Å². The van der Waals surface area contributed by atoms with Crippen molar-refractivity contribution in [2.45, 2.75) is 26.4 Å². The zero-order chi connectivity index (χ0) is 25.2. The molecule has 0 fully saturated rings. The smallest absolute Gasteiger partial charge is 0.416 e. The number of nitrogens with zero attached hydrogens (tertiary/aromatic N) is 6. The molecule has 0 saturated heterocycles. The second kappa shape index (κ2) is 9.82. The minimum atomic E-state index is -0.713. The van der Waals surface area contributed by atoms with Gasteiger partial charge in [0, 0.05) is 31.4 Å². The number of benzene rings is 1. The van der Waals surface area contributed by atoms with Crippen molar-refractivity contribution in [3.05, 3.63) is 45.7 Å². The number of pyridine rings is 1. The Kier molecular flexibility index (Phi) is 7.27. The van der Waals surface area contributed by atoms with Crippen LogP contribution in [0.5, 0.6) is 5.75 Å². The van der Waals surface area contributed by atoms with E-state index in [0.29, 0.717) is 35.5 Å². The number of carbonyl (C=O) groups excluding carboxylic acids is 1. The van der Waals surface area contributed by atoms with Gasteiger partial charge in [-0.25, -0.2) is 14.5 Å². The number of halogens is 1. The number of carbonyl (C=O) groups is 1. The normalized spacial score (nSPS) is 11.6. The number of likely N-dealkylation sites (N-methyl/N-ethyl adjacent to an activating group) is 1. The van der Waals surface area contributed by atoms with E-state index in [9.17, 15) is 14.9 Å². The van der Waals surface area contributed by atoms with Crippen molar-refractivity contribution in [3.63, 3.8) is 0 Å². The molecule has 0 saturated carbocycles. The maximum Gasteiger partial charge on any atom is 0.416 e. The van der Waals surface area contributed by atoms with Gasteiger partial charge in [0.25, 0.3) is 5.69 Å². The maximum absolute atomic E-state index is 13.2. The van der Waals surface area contributed by atoms with Crippen molar-refractivity contribution in [1.82, 2.24) is 19.7 Å². The predicted octanol–water partition coefficient (Wildman–Crippen LogP) is 4.29. The number of amides is 1. The van der Waals surface area contributed by atoms with Crippen LogP contribution in [0.3, 0.4) is 0 Å². The van der Waals surface area contributed by atoms with E-state index in [1.807, 2.05) is 19.0 Å². The van der Waals surface area contributed by atoms with Gasteiger partial charge in [0.2, 0.25) is 0 Å². The summed E-state index contributed by atoms with van der Waals surface area (Å²) in [5, 5.41) is 16.7. The largest absolute Gasteiger partial charge is 0.494 e. The van der Waals surface area contributed by atoms with E-state index in [0.717, 1.165) is 0 Å². The van der Waals surface area contributed by atoms with Crippen molar-refractivity contribution in [1.29, 1.82) is 0 Å². The van der Waals surface area contributed by atoms with Crippen molar-refractivity contribution in [3.8, 4) is 11.4 Å². The number of anilines is 1. The second-order valence-corrected chi connectivity index (χ2v) is 9.20. The molecular weight excluding hydrogens is 464 g/mol. The van der Waals surface area contributed by atoms with Gasteiger partial charge in [-0.1, -0.05) is 11.6 Å². The predicted molar refractivity (Wildman–Crippen MR) is 129 cm³/mol. The molecular formula is C22H27ClN6O5. The zero-order valence-corrected chi connectivity index (χ0v) is 20.7. The first-order valence-electron chi connectivity index (χ1n) is 10.4.